The van der Waals surface area contributed by atoms with E-state index in [0.717, 1.165) is 17.7 Å². The van der Waals surface area contributed by atoms with Crippen LogP contribution in [0, 0.1) is 11.8 Å². The molecule has 0 spiro atoms. The lowest BCUT2D eigenvalue weighted by molar-refractivity contribution is -0.168. The van der Waals surface area contributed by atoms with Gasteiger partial charge in [-0.05, 0) is 25.7 Å². The standard InChI is InChI=1S/C11H19F3N2O/c1-7(5-15)10(17)16(6-11(12,13)14)8(2)9-3-4-9/h7-9H,3-6,15H2,1-2H3. The monoisotopic (exact) mass is 252 g/mol. The third kappa shape index (κ3) is 4.18. The van der Waals surface area contributed by atoms with Gasteiger partial charge in [0.2, 0.25) is 5.91 Å². The highest BCUT2D eigenvalue weighted by atomic mass is 19.4. The summed E-state index contributed by atoms with van der Waals surface area (Å²) in [5, 5.41) is 0. The van der Waals surface area contributed by atoms with Crippen molar-refractivity contribution in [1.82, 2.24) is 4.90 Å². The maximum atomic E-state index is 12.5. The van der Waals surface area contributed by atoms with E-state index in [-0.39, 0.29) is 18.5 Å². The SMILES string of the molecule is CC(CN)C(=O)N(CC(F)(F)F)C(C)C1CC1. The van der Waals surface area contributed by atoms with Crippen LogP contribution < -0.4 is 5.73 Å². The molecule has 2 atom stereocenters. The highest BCUT2D eigenvalue weighted by Crippen LogP contribution is 2.36. The maximum absolute atomic E-state index is 12.5. The molecular formula is C11H19F3N2O. The average Bonchev–Trinajstić information content (AvgIpc) is 3.05. The van der Waals surface area contributed by atoms with Gasteiger partial charge >= 0.3 is 6.18 Å². The van der Waals surface area contributed by atoms with E-state index in [0.29, 0.717) is 0 Å². The second kappa shape index (κ2) is 5.25. The fourth-order valence-corrected chi connectivity index (χ4v) is 1.83. The number of rotatable bonds is 5. The van der Waals surface area contributed by atoms with Gasteiger partial charge in [-0.15, -0.1) is 0 Å². The smallest absolute Gasteiger partial charge is 0.330 e. The van der Waals surface area contributed by atoms with Crippen molar-refractivity contribution in [2.24, 2.45) is 17.6 Å². The lowest BCUT2D eigenvalue weighted by Gasteiger charge is -2.32. The Hall–Kier alpha value is -0.780. The Morgan fingerprint density at radius 1 is 1.41 bits per heavy atom. The lowest BCUT2D eigenvalue weighted by Crippen LogP contribution is -2.48. The van der Waals surface area contributed by atoms with Gasteiger partial charge in [0.1, 0.15) is 6.54 Å². The summed E-state index contributed by atoms with van der Waals surface area (Å²) in [5.74, 6) is -0.839. The predicted molar refractivity (Wildman–Crippen MR) is 58.2 cm³/mol. The van der Waals surface area contributed by atoms with Crippen molar-refractivity contribution in [2.75, 3.05) is 13.1 Å². The number of nitrogens with zero attached hydrogens (tertiary/aromatic N) is 1. The molecular weight excluding hydrogens is 233 g/mol. The number of amides is 1. The van der Waals surface area contributed by atoms with E-state index < -0.39 is 24.5 Å². The molecule has 0 aromatic heterocycles. The van der Waals surface area contributed by atoms with Crippen LogP contribution in [-0.4, -0.2) is 36.1 Å². The Morgan fingerprint density at radius 2 is 1.94 bits per heavy atom. The zero-order valence-electron chi connectivity index (χ0n) is 10.1. The maximum Gasteiger partial charge on any atom is 0.406 e. The van der Waals surface area contributed by atoms with E-state index in [9.17, 15) is 18.0 Å². The Bertz CT molecular complexity index is 276. The second-order valence-corrected chi connectivity index (χ2v) is 4.80. The molecule has 1 aliphatic carbocycles. The van der Waals surface area contributed by atoms with Crippen LogP contribution in [0.1, 0.15) is 26.7 Å². The minimum absolute atomic E-state index is 0.0740. The summed E-state index contributed by atoms with van der Waals surface area (Å²) < 4.78 is 37.4. The number of hydrogen-bond acceptors (Lipinski definition) is 2. The van der Waals surface area contributed by atoms with Gasteiger partial charge in [-0.2, -0.15) is 13.2 Å². The van der Waals surface area contributed by atoms with Gasteiger partial charge in [-0.25, -0.2) is 0 Å². The molecule has 1 fully saturated rings. The minimum Gasteiger partial charge on any atom is -0.330 e. The van der Waals surface area contributed by atoms with E-state index >= 15 is 0 Å². The summed E-state index contributed by atoms with van der Waals surface area (Å²) in [6, 6.07) is -0.349. The zero-order valence-corrected chi connectivity index (χ0v) is 10.1. The fraction of sp³-hybridized carbons (Fsp3) is 0.909. The van der Waals surface area contributed by atoms with E-state index in [1.54, 1.807) is 13.8 Å². The molecule has 100 valence electrons. The molecule has 1 aliphatic rings. The van der Waals surface area contributed by atoms with Crippen LogP contribution in [0.4, 0.5) is 13.2 Å². The third-order valence-electron chi connectivity index (χ3n) is 3.20. The number of alkyl halides is 3. The van der Waals surface area contributed by atoms with Crippen LogP contribution in [0.2, 0.25) is 0 Å². The van der Waals surface area contributed by atoms with Gasteiger partial charge in [0, 0.05) is 18.5 Å². The molecule has 0 aromatic rings. The molecule has 1 saturated carbocycles. The van der Waals surface area contributed by atoms with E-state index in [1.165, 1.54) is 0 Å². The van der Waals surface area contributed by atoms with E-state index in [2.05, 4.69) is 0 Å². The molecule has 0 aliphatic heterocycles. The molecule has 2 unspecified atom stereocenters. The summed E-state index contributed by atoms with van der Waals surface area (Å²) in [6.45, 7) is 2.15. The molecule has 0 heterocycles. The largest absolute Gasteiger partial charge is 0.406 e. The van der Waals surface area contributed by atoms with Crippen molar-refractivity contribution in [3.8, 4) is 0 Å². The first kappa shape index (κ1) is 14.3. The quantitative estimate of drug-likeness (QED) is 0.810. The van der Waals surface area contributed by atoms with Gasteiger partial charge in [0.25, 0.3) is 0 Å². The normalized spacial score (nSPS) is 19.9. The topological polar surface area (TPSA) is 46.3 Å². The first-order valence-corrected chi connectivity index (χ1v) is 5.83. The van der Waals surface area contributed by atoms with Crippen LogP contribution in [-0.2, 0) is 4.79 Å². The van der Waals surface area contributed by atoms with Crippen molar-refractivity contribution in [1.29, 1.82) is 0 Å². The molecule has 0 aromatic carbocycles. The predicted octanol–water partition coefficient (Wildman–Crippen LogP) is 1.77. The van der Waals surface area contributed by atoms with Crippen LogP contribution in [0.15, 0.2) is 0 Å². The van der Waals surface area contributed by atoms with Gasteiger partial charge in [-0.1, -0.05) is 6.92 Å². The number of hydrogen-bond donors (Lipinski definition) is 1. The Kier molecular flexibility index (Phi) is 4.41. The molecule has 3 nitrogen and oxygen atoms in total. The van der Waals surface area contributed by atoms with Gasteiger partial charge in [0.15, 0.2) is 0 Å². The molecule has 2 N–H and O–H groups in total. The summed E-state index contributed by atoms with van der Waals surface area (Å²) in [6.07, 6.45) is -2.55. The van der Waals surface area contributed by atoms with E-state index in [1.807, 2.05) is 0 Å². The van der Waals surface area contributed by atoms with Crippen molar-refractivity contribution < 1.29 is 18.0 Å². The number of carbonyl (C=O) groups is 1. The lowest BCUT2D eigenvalue weighted by atomic mass is 10.1. The van der Waals surface area contributed by atoms with Crippen molar-refractivity contribution in [2.45, 2.75) is 38.9 Å². The van der Waals surface area contributed by atoms with Crippen LogP contribution in [0.25, 0.3) is 0 Å². The molecule has 0 radical (unpaired) electrons. The minimum atomic E-state index is -4.35. The molecule has 17 heavy (non-hydrogen) atoms. The third-order valence-corrected chi connectivity index (χ3v) is 3.20. The van der Waals surface area contributed by atoms with E-state index in [4.69, 9.17) is 5.73 Å². The van der Waals surface area contributed by atoms with Crippen molar-refractivity contribution >= 4 is 5.91 Å². The molecule has 1 rings (SSSR count). The molecule has 6 heteroatoms. The summed E-state index contributed by atoms with van der Waals surface area (Å²) in [5.41, 5.74) is 5.34. The zero-order chi connectivity index (χ0) is 13.2. The molecule has 0 bridgehead atoms. The second-order valence-electron chi connectivity index (χ2n) is 4.80. The Balaban J connectivity index is 2.73. The van der Waals surface area contributed by atoms with Crippen LogP contribution in [0.3, 0.4) is 0 Å². The average molecular weight is 252 g/mol. The number of carbonyl (C=O) groups excluding carboxylic acids is 1. The fourth-order valence-electron chi connectivity index (χ4n) is 1.83. The first-order chi connectivity index (χ1) is 7.76. The van der Waals surface area contributed by atoms with Gasteiger partial charge in [0.05, 0.1) is 0 Å². The summed E-state index contributed by atoms with van der Waals surface area (Å²) >= 11 is 0. The van der Waals surface area contributed by atoms with Crippen molar-refractivity contribution in [3.63, 3.8) is 0 Å². The van der Waals surface area contributed by atoms with Crippen LogP contribution in [0.5, 0.6) is 0 Å². The highest BCUT2D eigenvalue weighted by molar-refractivity contribution is 5.79. The summed E-state index contributed by atoms with van der Waals surface area (Å²) in [7, 11) is 0. The molecule has 1 amide bonds. The molecule has 0 saturated heterocycles. The van der Waals surface area contributed by atoms with Gasteiger partial charge < -0.3 is 10.6 Å². The highest BCUT2D eigenvalue weighted by Gasteiger charge is 2.41. The first-order valence-electron chi connectivity index (χ1n) is 5.83. The summed E-state index contributed by atoms with van der Waals surface area (Å²) in [4.78, 5) is 12.8. The number of halogens is 3. The van der Waals surface area contributed by atoms with Crippen LogP contribution >= 0.6 is 0 Å². The Morgan fingerprint density at radius 3 is 2.29 bits per heavy atom. The van der Waals surface area contributed by atoms with Gasteiger partial charge in [-0.3, -0.25) is 4.79 Å². The number of nitrogens with two attached hydrogens (primary N) is 1. The van der Waals surface area contributed by atoms with Crippen molar-refractivity contribution in [3.05, 3.63) is 0 Å². The Labute approximate surface area is 99.1 Å².